The first-order chi connectivity index (χ1) is 16.0. The minimum absolute atomic E-state index is 0.190. The van der Waals surface area contributed by atoms with Crippen molar-refractivity contribution in [2.75, 3.05) is 0 Å². The highest BCUT2D eigenvalue weighted by molar-refractivity contribution is 6.30. The summed E-state index contributed by atoms with van der Waals surface area (Å²) in [5, 5.41) is 17.4. The van der Waals surface area contributed by atoms with Crippen LogP contribution < -0.4 is 5.69 Å². The molecular formula is C20H13ClF5N5O3. The number of alkyl halides is 3. The summed E-state index contributed by atoms with van der Waals surface area (Å²) in [7, 11) is 0. The van der Waals surface area contributed by atoms with Crippen LogP contribution in [0.5, 0.6) is 0 Å². The van der Waals surface area contributed by atoms with Gasteiger partial charge in [0.15, 0.2) is 11.9 Å². The second-order valence-electron chi connectivity index (χ2n) is 7.05. The quantitative estimate of drug-likeness (QED) is 0.405. The fourth-order valence-electron chi connectivity index (χ4n) is 3.06. The molecule has 4 rings (SSSR count). The second kappa shape index (κ2) is 8.99. The van der Waals surface area contributed by atoms with Crippen LogP contribution in [0.25, 0.3) is 22.8 Å². The summed E-state index contributed by atoms with van der Waals surface area (Å²) >= 11 is 5.84. The summed E-state index contributed by atoms with van der Waals surface area (Å²) in [6.07, 6.45) is -7.82. The van der Waals surface area contributed by atoms with Gasteiger partial charge >= 0.3 is 11.9 Å². The van der Waals surface area contributed by atoms with E-state index < -0.39 is 54.1 Å². The number of aromatic nitrogens is 5. The third-order valence-corrected chi connectivity index (χ3v) is 4.95. The molecule has 1 atom stereocenters. The Labute approximate surface area is 191 Å². The van der Waals surface area contributed by atoms with Gasteiger partial charge in [0.05, 0.1) is 12.1 Å². The maximum absolute atomic E-state index is 14.0. The highest BCUT2D eigenvalue weighted by Crippen LogP contribution is 2.25. The van der Waals surface area contributed by atoms with Crippen LogP contribution in [0.1, 0.15) is 5.89 Å². The molecule has 178 valence electrons. The van der Waals surface area contributed by atoms with E-state index in [1.807, 2.05) is 0 Å². The molecule has 0 aliphatic carbocycles. The lowest BCUT2D eigenvalue weighted by Gasteiger charge is -2.15. The van der Waals surface area contributed by atoms with E-state index in [1.165, 1.54) is 24.3 Å². The molecule has 0 saturated carbocycles. The molecular weight excluding hydrogens is 489 g/mol. The predicted octanol–water partition coefficient (Wildman–Crippen LogP) is 3.66. The van der Waals surface area contributed by atoms with E-state index in [0.29, 0.717) is 9.59 Å². The molecule has 2 aromatic heterocycles. The predicted molar refractivity (Wildman–Crippen MR) is 108 cm³/mol. The molecule has 34 heavy (non-hydrogen) atoms. The first-order valence-electron chi connectivity index (χ1n) is 9.50. The maximum Gasteiger partial charge on any atom is 0.416 e. The number of halogens is 6. The van der Waals surface area contributed by atoms with Crippen molar-refractivity contribution in [3.8, 4) is 22.8 Å². The van der Waals surface area contributed by atoms with Crippen molar-refractivity contribution < 1.29 is 31.6 Å². The van der Waals surface area contributed by atoms with Crippen molar-refractivity contribution in [1.29, 1.82) is 0 Å². The highest BCUT2D eigenvalue weighted by Gasteiger charge is 2.39. The molecule has 0 amide bonds. The number of benzene rings is 2. The lowest BCUT2D eigenvalue weighted by molar-refractivity contribution is -0.207. The van der Waals surface area contributed by atoms with E-state index in [0.717, 1.165) is 22.9 Å². The largest absolute Gasteiger partial charge is 0.416 e. The Hall–Kier alpha value is -3.58. The van der Waals surface area contributed by atoms with Crippen molar-refractivity contribution in [1.82, 2.24) is 24.5 Å². The van der Waals surface area contributed by atoms with E-state index in [1.54, 1.807) is 0 Å². The summed E-state index contributed by atoms with van der Waals surface area (Å²) in [5.74, 6) is -2.79. The van der Waals surface area contributed by atoms with Crippen LogP contribution in [-0.4, -0.2) is 41.9 Å². The van der Waals surface area contributed by atoms with Gasteiger partial charge in [-0.15, -0.1) is 5.10 Å². The van der Waals surface area contributed by atoms with Crippen molar-refractivity contribution in [2.45, 2.75) is 25.4 Å². The number of hydrogen-bond donors (Lipinski definition) is 1. The third-order valence-electron chi connectivity index (χ3n) is 4.70. The summed E-state index contributed by atoms with van der Waals surface area (Å²) in [5.41, 5.74) is -1.33. The fourth-order valence-corrected chi connectivity index (χ4v) is 3.18. The Kier molecular flexibility index (Phi) is 6.23. The average molecular weight is 502 g/mol. The minimum Gasteiger partial charge on any atom is -0.382 e. The molecule has 0 bridgehead atoms. The molecule has 0 fully saturated rings. The van der Waals surface area contributed by atoms with Gasteiger partial charge in [-0.2, -0.15) is 18.2 Å². The maximum atomic E-state index is 14.0. The zero-order valence-electron chi connectivity index (χ0n) is 16.8. The normalized spacial score (nSPS) is 12.8. The molecule has 0 aliphatic rings. The smallest absolute Gasteiger partial charge is 0.382 e. The Balaban J connectivity index is 1.72. The van der Waals surface area contributed by atoms with Crippen molar-refractivity contribution in [2.24, 2.45) is 0 Å². The first-order valence-corrected chi connectivity index (χ1v) is 9.87. The molecule has 14 heteroatoms. The summed E-state index contributed by atoms with van der Waals surface area (Å²) < 4.78 is 73.0. The van der Waals surface area contributed by atoms with Crippen LogP contribution in [-0.2, 0) is 13.1 Å². The van der Waals surface area contributed by atoms with Crippen LogP contribution in [0.15, 0.2) is 51.8 Å². The van der Waals surface area contributed by atoms with Crippen molar-refractivity contribution in [3.05, 3.63) is 75.5 Å². The van der Waals surface area contributed by atoms with E-state index in [9.17, 15) is 31.9 Å². The zero-order valence-corrected chi connectivity index (χ0v) is 17.6. The third kappa shape index (κ3) is 4.70. The van der Waals surface area contributed by atoms with Gasteiger partial charge in [-0.3, -0.25) is 4.57 Å². The summed E-state index contributed by atoms with van der Waals surface area (Å²) in [6, 6.07) is 8.87. The van der Waals surface area contributed by atoms with Gasteiger partial charge in [-0.25, -0.2) is 18.3 Å². The molecule has 0 saturated heterocycles. The average Bonchev–Trinajstić information content (AvgIpc) is 3.34. The SMILES string of the molecule is O=c1n(Cc2nc(-c3c(F)cccc3F)no2)nc(-c2ccc(Cl)cc2)n1C[C@H](O)C(F)(F)F. The number of nitrogens with zero attached hydrogens (tertiary/aromatic N) is 5. The van der Waals surface area contributed by atoms with Crippen LogP contribution in [0.4, 0.5) is 22.0 Å². The molecule has 2 heterocycles. The molecule has 8 nitrogen and oxygen atoms in total. The van der Waals surface area contributed by atoms with E-state index in [-0.39, 0.29) is 17.3 Å². The van der Waals surface area contributed by atoms with Crippen LogP contribution in [0.3, 0.4) is 0 Å². The molecule has 0 aliphatic heterocycles. The summed E-state index contributed by atoms with van der Waals surface area (Å²) in [6.45, 7) is -1.65. The standard InChI is InChI=1S/C20H13ClF5N5O3/c21-11-6-4-10(5-7-11)18-28-31(19(33)30(18)8-14(32)20(24,25)26)9-15-27-17(29-34-15)16-12(22)2-1-3-13(16)23/h1-7,14,32H,8-9H2/t14-/m0/s1. The second-order valence-corrected chi connectivity index (χ2v) is 7.48. The Morgan fingerprint density at radius 2 is 1.74 bits per heavy atom. The monoisotopic (exact) mass is 501 g/mol. The highest BCUT2D eigenvalue weighted by atomic mass is 35.5. The van der Waals surface area contributed by atoms with Gasteiger partial charge in [0.2, 0.25) is 11.7 Å². The Bertz CT molecular complexity index is 1360. The molecule has 2 aromatic carbocycles. The lowest BCUT2D eigenvalue weighted by atomic mass is 10.2. The van der Waals surface area contributed by atoms with Crippen LogP contribution in [0.2, 0.25) is 5.02 Å². The summed E-state index contributed by atoms with van der Waals surface area (Å²) in [4.78, 5) is 16.7. The van der Waals surface area contributed by atoms with Crippen molar-refractivity contribution in [3.63, 3.8) is 0 Å². The van der Waals surface area contributed by atoms with E-state index in [4.69, 9.17) is 16.1 Å². The van der Waals surface area contributed by atoms with E-state index in [2.05, 4.69) is 15.2 Å². The number of aliphatic hydroxyl groups is 1. The molecule has 0 unspecified atom stereocenters. The topological polar surface area (TPSA) is 99.0 Å². The van der Waals surface area contributed by atoms with Gasteiger partial charge in [0.25, 0.3) is 0 Å². The van der Waals surface area contributed by atoms with Gasteiger partial charge < -0.3 is 9.63 Å². The van der Waals surface area contributed by atoms with Gasteiger partial charge in [-0.05, 0) is 36.4 Å². The molecule has 0 radical (unpaired) electrons. The molecule has 4 aromatic rings. The first kappa shape index (κ1) is 23.6. The van der Waals surface area contributed by atoms with Gasteiger partial charge in [0, 0.05) is 10.6 Å². The lowest BCUT2D eigenvalue weighted by Crippen LogP contribution is -2.37. The Morgan fingerprint density at radius 3 is 2.35 bits per heavy atom. The van der Waals surface area contributed by atoms with Gasteiger partial charge in [-0.1, -0.05) is 22.8 Å². The minimum atomic E-state index is -4.98. The number of hydrogen-bond acceptors (Lipinski definition) is 6. The van der Waals surface area contributed by atoms with Crippen LogP contribution in [0, 0.1) is 11.6 Å². The fraction of sp³-hybridized carbons (Fsp3) is 0.200. The zero-order chi connectivity index (χ0) is 24.6. The Morgan fingerprint density at radius 1 is 1.09 bits per heavy atom. The van der Waals surface area contributed by atoms with E-state index >= 15 is 0 Å². The number of aliphatic hydroxyl groups excluding tert-OH is 1. The van der Waals surface area contributed by atoms with Crippen molar-refractivity contribution >= 4 is 11.6 Å². The molecule has 1 N–H and O–H groups in total. The molecule has 0 spiro atoms. The van der Waals surface area contributed by atoms with Gasteiger partial charge in [0.1, 0.15) is 18.2 Å². The van der Waals surface area contributed by atoms with Crippen LogP contribution >= 0.6 is 11.6 Å². The number of rotatable bonds is 6.